The molecule has 5 heteroatoms. The van der Waals surface area contributed by atoms with Crippen LogP contribution in [0.3, 0.4) is 0 Å². The minimum atomic E-state index is -0.421. The van der Waals surface area contributed by atoms with Crippen molar-refractivity contribution in [3.05, 3.63) is 11.1 Å². The topological polar surface area (TPSA) is 0 Å². The molecule has 0 saturated carbocycles. The minimum Gasteiger partial charge on any atom is -0.119 e. The summed E-state index contributed by atoms with van der Waals surface area (Å²) in [6, 6.07) is 0. The number of halogens is 5. The Bertz CT molecular complexity index is 178. The first-order chi connectivity index (χ1) is 5.04. The van der Waals surface area contributed by atoms with Crippen molar-refractivity contribution in [1.29, 1.82) is 0 Å². The van der Waals surface area contributed by atoms with Crippen LogP contribution >= 0.6 is 58.0 Å². The van der Waals surface area contributed by atoms with Crippen LogP contribution in [0, 0.1) is 0 Å². The van der Waals surface area contributed by atoms with Crippen LogP contribution in [-0.2, 0) is 0 Å². The molecular formula is C6H5Cl5. The lowest BCUT2D eigenvalue weighted by atomic mass is 10.1. The highest BCUT2D eigenvalue weighted by Gasteiger charge is 2.35. The van der Waals surface area contributed by atoms with Crippen LogP contribution in [0.15, 0.2) is 11.1 Å². The zero-order valence-electron chi connectivity index (χ0n) is 5.28. The maximum Gasteiger partial charge on any atom is 0.0867 e. The van der Waals surface area contributed by atoms with Crippen LogP contribution in [-0.4, -0.2) is 21.5 Å². The van der Waals surface area contributed by atoms with Gasteiger partial charge in [0.2, 0.25) is 0 Å². The van der Waals surface area contributed by atoms with Crippen molar-refractivity contribution >= 4 is 58.0 Å². The molecule has 0 N–H and O–H groups in total. The summed E-state index contributed by atoms with van der Waals surface area (Å²) in [5, 5.41) is -1.04. The van der Waals surface area contributed by atoms with Crippen LogP contribution in [0.1, 0.15) is 0 Å². The third-order valence-electron chi connectivity index (χ3n) is 1.47. The molecule has 0 bridgehead atoms. The summed E-state index contributed by atoms with van der Waals surface area (Å²) in [6.07, 6.45) is 1.62. The first-order valence-corrected chi connectivity index (χ1v) is 5.10. The van der Waals surface area contributed by atoms with E-state index in [9.17, 15) is 0 Å². The molecule has 0 amide bonds. The van der Waals surface area contributed by atoms with Crippen molar-refractivity contribution in [3.8, 4) is 0 Å². The van der Waals surface area contributed by atoms with Gasteiger partial charge in [-0.3, -0.25) is 0 Å². The summed E-state index contributed by atoms with van der Waals surface area (Å²) >= 11 is 29.0. The fourth-order valence-corrected chi connectivity index (χ4v) is 2.41. The Labute approximate surface area is 90.4 Å². The van der Waals surface area contributed by atoms with Crippen molar-refractivity contribution in [2.24, 2.45) is 0 Å². The number of rotatable bonds is 0. The Kier molecular flexibility index (Phi) is 3.67. The molecule has 1 rings (SSSR count). The van der Waals surface area contributed by atoms with Crippen molar-refractivity contribution in [2.75, 3.05) is 0 Å². The molecule has 0 aliphatic heterocycles. The van der Waals surface area contributed by atoms with E-state index in [0.717, 1.165) is 0 Å². The fraction of sp³-hybridized carbons (Fsp3) is 0.667. The molecule has 0 nitrogen and oxygen atoms in total. The van der Waals surface area contributed by atoms with Gasteiger partial charge in [-0.25, -0.2) is 0 Å². The molecule has 0 heterocycles. The van der Waals surface area contributed by atoms with E-state index < -0.39 is 10.8 Å². The van der Waals surface area contributed by atoms with Crippen molar-refractivity contribution < 1.29 is 0 Å². The maximum atomic E-state index is 5.83. The average Bonchev–Trinajstić information content (AvgIpc) is 1.97. The normalized spacial score (nSPS) is 45.4. The van der Waals surface area contributed by atoms with Gasteiger partial charge in [0.15, 0.2) is 0 Å². The van der Waals surface area contributed by atoms with E-state index in [1.54, 1.807) is 6.08 Å². The van der Waals surface area contributed by atoms with Gasteiger partial charge >= 0.3 is 0 Å². The second kappa shape index (κ2) is 3.93. The fourth-order valence-electron chi connectivity index (χ4n) is 0.825. The summed E-state index contributed by atoms with van der Waals surface area (Å²) in [6.45, 7) is 0. The Hall–Kier alpha value is 1.19. The quantitative estimate of drug-likeness (QED) is 0.580. The van der Waals surface area contributed by atoms with Crippen LogP contribution < -0.4 is 0 Å². The lowest BCUT2D eigenvalue weighted by Gasteiger charge is -2.27. The molecule has 11 heavy (non-hydrogen) atoms. The van der Waals surface area contributed by atoms with E-state index in [0.29, 0.717) is 5.03 Å². The third-order valence-corrected chi connectivity index (χ3v) is 4.30. The van der Waals surface area contributed by atoms with Crippen LogP contribution in [0.2, 0.25) is 0 Å². The molecule has 0 unspecified atom stereocenters. The molecule has 0 aromatic heterocycles. The van der Waals surface area contributed by atoms with Crippen LogP contribution in [0.5, 0.6) is 0 Å². The van der Waals surface area contributed by atoms with Gasteiger partial charge in [-0.2, -0.15) is 0 Å². The highest BCUT2D eigenvalue weighted by atomic mass is 35.5. The average molecular weight is 254 g/mol. The van der Waals surface area contributed by atoms with Gasteiger partial charge in [0.25, 0.3) is 0 Å². The number of hydrogen-bond donors (Lipinski definition) is 0. The summed E-state index contributed by atoms with van der Waals surface area (Å²) in [5.41, 5.74) is 0. The largest absolute Gasteiger partial charge is 0.119 e. The van der Waals surface area contributed by atoms with Crippen molar-refractivity contribution in [1.82, 2.24) is 0 Å². The van der Waals surface area contributed by atoms with Crippen molar-refractivity contribution in [2.45, 2.75) is 21.5 Å². The Morgan fingerprint density at radius 1 is 1.00 bits per heavy atom. The van der Waals surface area contributed by atoms with Gasteiger partial charge in [0.1, 0.15) is 0 Å². The van der Waals surface area contributed by atoms with Gasteiger partial charge in [-0.15, -0.1) is 46.4 Å². The maximum absolute atomic E-state index is 5.83. The van der Waals surface area contributed by atoms with Crippen LogP contribution in [0.4, 0.5) is 0 Å². The first kappa shape index (κ1) is 10.3. The van der Waals surface area contributed by atoms with E-state index in [2.05, 4.69) is 0 Å². The van der Waals surface area contributed by atoms with Crippen molar-refractivity contribution in [3.63, 3.8) is 0 Å². The van der Waals surface area contributed by atoms with E-state index in [1.165, 1.54) is 0 Å². The molecular weight excluding hydrogens is 249 g/mol. The van der Waals surface area contributed by atoms with E-state index in [4.69, 9.17) is 58.0 Å². The lowest BCUT2D eigenvalue weighted by Crippen LogP contribution is -2.36. The second-order valence-electron chi connectivity index (χ2n) is 2.29. The highest BCUT2D eigenvalue weighted by molar-refractivity contribution is 6.44. The van der Waals surface area contributed by atoms with E-state index >= 15 is 0 Å². The Morgan fingerprint density at radius 3 is 2.09 bits per heavy atom. The van der Waals surface area contributed by atoms with Gasteiger partial charge in [-0.05, 0) is 6.08 Å². The first-order valence-electron chi connectivity index (χ1n) is 2.97. The number of hydrogen-bond acceptors (Lipinski definition) is 0. The zero-order chi connectivity index (χ0) is 8.59. The van der Waals surface area contributed by atoms with E-state index in [-0.39, 0.29) is 10.8 Å². The zero-order valence-corrected chi connectivity index (χ0v) is 9.06. The molecule has 0 fully saturated rings. The summed E-state index contributed by atoms with van der Waals surface area (Å²) in [5.74, 6) is 0. The van der Waals surface area contributed by atoms with Gasteiger partial charge < -0.3 is 0 Å². The van der Waals surface area contributed by atoms with Gasteiger partial charge in [0.05, 0.1) is 21.5 Å². The Balaban J connectivity index is 2.83. The number of alkyl halides is 4. The minimum absolute atomic E-state index is 0.332. The predicted molar refractivity (Wildman–Crippen MR) is 52.5 cm³/mol. The third kappa shape index (κ3) is 2.10. The molecule has 0 aromatic carbocycles. The molecule has 0 spiro atoms. The van der Waals surface area contributed by atoms with Gasteiger partial charge in [0, 0.05) is 5.03 Å². The van der Waals surface area contributed by atoms with E-state index in [1.807, 2.05) is 0 Å². The summed E-state index contributed by atoms with van der Waals surface area (Å²) < 4.78 is 0. The number of allylic oxidation sites excluding steroid dienone is 2. The molecule has 0 radical (unpaired) electrons. The molecule has 4 atom stereocenters. The highest BCUT2D eigenvalue weighted by Crippen LogP contribution is 2.35. The molecule has 64 valence electrons. The second-order valence-corrected chi connectivity index (χ2v) is 4.71. The predicted octanol–water partition coefficient (Wildman–Crippen LogP) is 3.55. The monoisotopic (exact) mass is 252 g/mol. The van der Waals surface area contributed by atoms with Crippen LogP contribution in [0.25, 0.3) is 0 Å². The smallest absolute Gasteiger partial charge is 0.0867 e. The standard InChI is InChI=1S/C6H5Cl5/c7-2-1-3(8)5(10)6(11)4(2)9/h1-2,4-6H/t2-,4+,5-,6-/m1/s1. The molecule has 1 aliphatic carbocycles. The summed E-state index contributed by atoms with van der Waals surface area (Å²) in [7, 11) is 0. The molecule has 0 saturated heterocycles. The Morgan fingerprint density at radius 2 is 1.55 bits per heavy atom. The summed E-state index contributed by atoms with van der Waals surface area (Å²) in [4.78, 5) is 0. The molecule has 0 aromatic rings. The van der Waals surface area contributed by atoms with Gasteiger partial charge in [-0.1, -0.05) is 11.6 Å². The molecule has 1 aliphatic rings. The SMILES string of the molecule is ClC1=C[C@@H](Cl)[C@H](Cl)[C@@H](Cl)[C@@H]1Cl. The lowest BCUT2D eigenvalue weighted by molar-refractivity contribution is 0.751.